The fourth-order valence-corrected chi connectivity index (χ4v) is 1.36. The van der Waals surface area contributed by atoms with Gasteiger partial charge in [0.2, 0.25) is 5.76 Å². The van der Waals surface area contributed by atoms with E-state index in [1.165, 1.54) is 0 Å². The number of allylic oxidation sites excluding steroid dienone is 1. The van der Waals surface area contributed by atoms with Gasteiger partial charge in [0.05, 0.1) is 5.57 Å². The lowest BCUT2D eigenvalue weighted by Gasteiger charge is -2.01. The van der Waals surface area contributed by atoms with Crippen LogP contribution < -0.4 is 5.32 Å². The second kappa shape index (κ2) is 3.98. The largest absolute Gasteiger partial charge is 0.419 e. The maximum Gasteiger partial charge on any atom is 0.419 e. The minimum Gasteiger partial charge on any atom is -0.403 e. The molecule has 1 heterocycles. The predicted octanol–water partition coefficient (Wildman–Crippen LogP) is 0.863. The second-order valence-corrected chi connectivity index (χ2v) is 3.07. The van der Waals surface area contributed by atoms with Crippen molar-refractivity contribution in [3.05, 3.63) is 41.7 Å². The highest BCUT2D eigenvalue weighted by molar-refractivity contribution is 6.20. The van der Waals surface area contributed by atoms with E-state index in [0.717, 1.165) is 0 Å². The van der Waals surface area contributed by atoms with Crippen LogP contribution in [-0.2, 0) is 14.3 Å². The summed E-state index contributed by atoms with van der Waals surface area (Å²) in [5.74, 6) is -0.956. The summed E-state index contributed by atoms with van der Waals surface area (Å²) in [6, 6.07) is 8.51. The fourth-order valence-electron chi connectivity index (χ4n) is 1.36. The van der Waals surface area contributed by atoms with E-state index in [1.54, 1.807) is 30.3 Å². The molecule has 0 spiro atoms. The Morgan fingerprint density at radius 1 is 1.19 bits per heavy atom. The van der Waals surface area contributed by atoms with Gasteiger partial charge in [-0.3, -0.25) is 14.9 Å². The smallest absolute Gasteiger partial charge is 0.403 e. The molecular weight excluding hydrogens is 210 g/mol. The van der Waals surface area contributed by atoms with Crippen LogP contribution in [0.2, 0.25) is 0 Å². The molecule has 0 saturated carbocycles. The molecule has 1 aliphatic rings. The number of imide groups is 1. The van der Waals surface area contributed by atoms with Crippen molar-refractivity contribution in [2.24, 2.45) is 0 Å². The first-order chi connectivity index (χ1) is 7.72. The van der Waals surface area contributed by atoms with Crippen LogP contribution in [0.4, 0.5) is 4.79 Å². The number of amides is 2. The van der Waals surface area contributed by atoms with Gasteiger partial charge in [-0.15, -0.1) is 0 Å². The van der Waals surface area contributed by atoms with Gasteiger partial charge in [-0.1, -0.05) is 30.3 Å². The van der Waals surface area contributed by atoms with Crippen LogP contribution in [0.1, 0.15) is 5.56 Å². The lowest BCUT2D eigenvalue weighted by Crippen LogP contribution is -2.18. The van der Waals surface area contributed by atoms with E-state index in [-0.39, 0.29) is 11.3 Å². The maximum atomic E-state index is 11.3. The molecule has 1 aliphatic heterocycles. The summed E-state index contributed by atoms with van der Waals surface area (Å²) in [6.45, 7) is 0. The van der Waals surface area contributed by atoms with Gasteiger partial charge in [0.1, 0.15) is 0 Å². The van der Waals surface area contributed by atoms with Gasteiger partial charge in [-0.05, 0) is 5.56 Å². The van der Waals surface area contributed by atoms with Crippen molar-refractivity contribution >= 4 is 23.9 Å². The Balaban J connectivity index is 2.51. The van der Waals surface area contributed by atoms with Gasteiger partial charge >= 0.3 is 6.09 Å². The molecule has 1 N–H and O–H groups in total. The molecule has 1 aromatic rings. The monoisotopic (exact) mass is 217 g/mol. The molecule has 0 unspecified atom stereocenters. The Kier molecular flexibility index (Phi) is 2.51. The minimum absolute atomic E-state index is 0.0592. The number of rotatable bonds is 2. The molecule has 0 aromatic heterocycles. The van der Waals surface area contributed by atoms with E-state index in [4.69, 9.17) is 0 Å². The number of hydrogen-bond acceptors (Lipinski definition) is 4. The van der Waals surface area contributed by atoms with Crippen molar-refractivity contribution in [3.8, 4) is 0 Å². The Hall–Kier alpha value is -2.43. The number of alkyl carbamates (subject to hydrolysis) is 1. The van der Waals surface area contributed by atoms with Gasteiger partial charge < -0.3 is 4.74 Å². The molecule has 1 saturated heterocycles. The van der Waals surface area contributed by atoms with E-state index < -0.39 is 12.0 Å². The number of benzene rings is 1. The number of carbonyl (C=O) groups excluding carboxylic acids is 3. The zero-order valence-electron chi connectivity index (χ0n) is 8.10. The molecule has 1 fully saturated rings. The standard InChI is InChI=1S/C11H7NO4/c13-6-8(7-4-2-1-3-5-7)9-10(14)12-11(15)16-9/h1-6H,(H,12,14,15)/b9-8-. The van der Waals surface area contributed by atoms with Crippen LogP contribution in [-0.4, -0.2) is 18.3 Å². The molecule has 5 heteroatoms. The van der Waals surface area contributed by atoms with Crippen molar-refractivity contribution in [1.82, 2.24) is 5.32 Å². The summed E-state index contributed by atoms with van der Waals surface area (Å²) in [6.07, 6.45) is -0.377. The molecule has 2 rings (SSSR count). The fraction of sp³-hybridized carbons (Fsp3) is 0. The number of hydrogen-bond donors (Lipinski definition) is 1. The summed E-state index contributed by atoms with van der Waals surface area (Å²) in [5.41, 5.74) is 0.585. The summed E-state index contributed by atoms with van der Waals surface area (Å²) >= 11 is 0. The third-order valence-electron chi connectivity index (χ3n) is 2.06. The van der Waals surface area contributed by atoms with E-state index in [1.807, 2.05) is 5.32 Å². The first-order valence-corrected chi connectivity index (χ1v) is 4.50. The van der Waals surface area contributed by atoms with E-state index in [2.05, 4.69) is 4.74 Å². The lowest BCUT2D eigenvalue weighted by atomic mass is 10.1. The zero-order valence-corrected chi connectivity index (χ0v) is 8.10. The Bertz CT molecular complexity index is 490. The molecule has 1 aromatic carbocycles. The van der Waals surface area contributed by atoms with Gasteiger partial charge in [0.15, 0.2) is 6.29 Å². The SMILES string of the molecule is O=C/C(=C1/OC(=O)NC1=O)c1ccccc1. The van der Waals surface area contributed by atoms with Crippen molar-refractivity contribution in [2.75, 3.05) is 0 Å². The second-order valence-electron chi connectivity index (χ2n) is 3.07. The molecule has 2 amide bonds. The molecule has 80 valence electrons. The highest BCUT2D eigenvalue weighted by Gasteiger charge is 2.30. The molecule has 0 radical (unpaired) electrons. The van der Waals surface area contributed by atoms with Crippen LogP contribution in [0, 0.1) is 0 Å². The van der Waals surface area contributed by atoms with Crippen LogP contribution in [0.15, 0.2) is 36.1 Å². The first-order valence-electron chi connectivity index (χ1n) is 4.50. The number of cyclic esters (lactones) is 1. The van der Waals surface area contributed by atoms with Crippen LogP contribution in [0.25, 0.3) is 5.57 Å². The highest BCUT2D eigenvalue weighted by Crippen LogP contribution is 2.20. The average molecular weight is 217 g/mol. The number of ether oxygens (including phenoxy) is 1. The summed E-state index contributed by atoms with van der Waals surface area (Å²) in [7, 11) is 0. The molecule has 0 aliphatic carbocycles. The van der Waals surface area contributed by atoms with Crippen LogP contribution in [0.3, 0.4) is 0 Å². The third kappa shape index (κ3) is 1.70. The Morgan fingerprint density at radius 3 is 2.38 bits per heavy atom. The third-order valence-corrected chi connectivity index (χ3v) is 2.06. The van der Waals surface area contributed by atoms with Gasteiger partial charge in [-0.2, -0.15) is 0 Å². The number of nitrogens with one attached hydrogen (secondary N) is 1. The summed E-state index contributed by atoms with van der Waals surface area (Å²) < 4.78 is 4.63. The molecule has 5 nitrogen and oxygen atoms in total. The van der Waals surface area contributed by atoms with Crippen LogP contribution >= 0.6 is 0 Å². The summed E-state index contributed by atoms with van der Waals surface area (Å²) in [4.78, 5) is 33.0. The number of aldehydes is 1. The van der Waals surface area contributed by atoms with E-state index in [9.17, 15) is 14.4 Å². The molecular formula is C11H7NO4. The lowest BCUT2D eigenvalue weighted by molar-refractivity contribution is -0.116. The van der Waals surface area contributed by atoms with Gasteiger partial charge in [0.25, 0.3) is 5.91 Å². The molecule has 0 bridgehead atoms. The topological polar surface area (TPSA) is 72.5 Å². The van der Waals surface area contributed by atoms with Gasteiger partial charge in [-0.25, -0.2) is 4.79 Å². The minimum atomic E-state index is -0.865. The van der Waals surface area contributed by atoms with Gasteiger partial charge in [0, 0.05) is 0 Å². The van der Waals surface area contributed by atoms with Crippen molar-refractivity contribution in [3.63, 3.8) is 0 Å². The molecule has 0 atom stereocenters. The predicted molar refractivity (Wildman–Crippen MR) is 54.0 cm³/mol. The quantitative estimate of drug-likeness (QED) is 0.589. The Labute approximate surface area is 90.7 Å². The Morgan fingerprint density at radius 2 is 1.88 bits per heavy atom. The average Bonchev–Trinajstić information content (AvgIpc) is 2.61. The van der Waals surface area contributed by atoms with Crippen molar-refractivity contribution in [2.45, 2.75) is 0 Å². The molecule has 16 heavy (non-hydrogen) atoms. The van der Waals surface area contributed by atoms with Crippen molar-refractivity contribution < 1.29 is 19.1 Å². The normalized spacial score (nSPS) is 17.8. The maximum absolute atomic E-state index is 11.3. The highest BCUT2D eigenvalue weighted by atomic mass is 16.6. The van der Waals surface area contributed by atoms with E-state index >= 15 is 0 Å². The summed E-state index contributed by atoms with van der Waals surface area (Å²) in [5, 5.41) is 1.93. The number of carbonyl (C=O) groups is 3. The van der Waals surface area contributed by atoms with Crippen molar-refractivity contribution in [1.29, 1.82) is 0 Å². The first kappa shape index (κ1) is 10.1. The van der Waals surface area contributed by atoms with Crippen LogP contribution in [0.5, 0.6) is 0 Å². The zero-order chi connectivity index (χ0) is 11.5. The van der Waals surface area contributed by atoms with E-state index in [0.29, 0.717) is 11.8 Å².